The number of rotatable bonds is 5. The van der Waals surface area contributed by atoms with Crippen LogP contribution >= 0.6 is 0 Å². The molecule has 1 aromatic carbocycles. The minimum atomic E-state index is -0.124. The lowest BCUT2D eigenvalue weighted by Crippen LogP contribution is -2.48. The van der Waals surface area contributed by atoms with Crippen molar-refractivity contribution in [1.82, 2.24) is 10.2 Å². The molecule has 3 rings (SSSR count). The fourth-order valence-electron chi connectivity index (χ4n) is 4.38. The number of benzene rings is 1. The van der Waals surface area contributed by atoms with Crippen LogP contribution < -0.4 is 5.32 Å². The summed E-state index contributed by atoms with van der Waals surface area (Å²) in [5.41, 5.74) is 2.41. The number of hydrogen-bond acceptors (Lipinski definition) is 2. The number of aryl methyl sites for hydroxylation is 1. The average Bonchev–Trinajstić information content (AvgIpc) is 3.19. The first-order valence-corrected chi connectivity index (χ1v) is 9.85. The van der Waals surface area contributed by atoms with Gasteiger partial charge < -0.3 is 10.2 Å². The summed E-state index contributed by atoms with van der Waals surface area (Å²) in [5.74, 6) is 0.297. The van der Waals surface area contributed by atoms with Gasteiger partial charge in [-0.15, -0.1) is 6.58 Å². The molecule has 2 amide bonds. The summed E-state index contributed by atoms with van der Waals surface area (Å²) in [4.78, 5) is 27.7. The fraction of sp³-hybridized carbons (Fsp3) is 0.545. The number of nitrogens with zero attached hydrogens (tertiary/aromatic N) is 1. The van der Waals surface area contributed by atoms with E-state index in [0.29, 0.717) is 13.1 Å². The van der Waals surface area contributed by atoms with Crippen molar-refractivity contribution in [3.63, 3.8) is 0 Å². The van der Waals surface area contributed by atoms with Crippen LogP contribution in [0.5, 0.6) is 0 Å². The van der Waals surface area contributed by atoms with Crippen LogP contribution in [0.1, 0.15) is 55.7 Å². The Labute approximate surface area is 156 Å². The maximum absolute atomic E-state index is 13.2. The second-order valence-electron chi connectivity index (χ2n) is 7.71. The van der Waals surface area contributed by atoms with E-state index in [-0.39, 0.29) is 29.7 Å². The first-order chi connectivity index (χ1) is 12.6. The van der Waals surface area contributed by atoms with E-state index < -0.39 is 0 Å². The van der Waals surface area contributed by atoms with E-state index in [1.54, 1.807) is 6.08 Å². The zero-order valence-corrected chi connectivity index (χ0v) is 15.7. The molecule has 2 fully saturated rings. The van der Waals surface area contributed by atoms with E-state index in [4.69, 9.17) is 0 Å². The van der Waals surface area contributed by atoms with E-state index in [0.717, 1.165) is 38.5 Å². The molecule has 0 aromatic heterocycles. The van der Waals surface area contributed by atoms with Crippen LogP contribution in [0.25, 0.3) is 0 Å². The molecule has 2 atom stereocenters. The zero-order chi connectivity index (χ0) is 18.5. The summed E-state index contributed by atoms with van der Waals surface area (Å²) in [6, 6.07) is 8.53. The number of amides is 2. The third-order valence-electron chi connectivity index (χ3n) is 5.79. The van der Waals surface area contributed by atoms with Crippen LogP contribution in [0.15, 0.2) is 36.9 Å². The Morgan fingerprint density at radius 1 is 1.19 bits per heavy atom. The molecule has 0 radical (unpaired) electrons. The smallest absolute Gasteiger partial charge is 0.226 e. The highest BCUT2D eigenvalue weighted by Gasteiger charge is 2.38. The molecule has 140 valence electrons. The lowest BCUT2D eigenvalue weighted by Gasteiger charge is -2.41. The number of piperidine rings is 1. The van der Waals surface area contributed by atoms with Gasteiger partial charge >= 0.3 is 0 Å². The molecule has 1 aromatic rings. The quantitative estimate of drug-likeness (QED) is 0.819. The molecule has 1 N–H and O–H groups in total. The van der Waals surface area contributed by atoms with Crippen LogP contribution in [0.4, 0.5) is 0 Å². The van der Waals surface area contributed by atoms with Gasteiger partial charge in [0.15, 0.2) is 0 Å². The standard InChI is InChI=1S/C22H30N2O2/c1-3-13-23-21(25)19-11-12-20(18-10-6-7-16(2)14-18)24(15-19)22(26)17-8-4-5-9-17/h3,6-7,10,14,17,19-20H,1,4-5,8-9,11-13,15H2,2H3,(H,23,25)/t19-,20+/m1/s1. The predicted molar refractivity (Wildman–Crippen MR) is 104 cm³/mol. The Morgan fingerprint density at radius 2 is 1.96 bits per heavy atom. The maximum atomic E-state index is 13.2. The normalized spacial score (nSPS) is 23.7. The highest BCUT2D eigenvalue weighted by molar-refractivity contribution is 5.83. The van der Waals surface area contributed by atoms with E-state index in [1.165, 1.54) is 11.1 Å². The van der Waals surface area contributed by atoms with Crippen LogP contribution in [0, 0.1) is 18.8 Å². The predicted octanol–water partition coefficient (Wildman–Crippen LogP) is 3.77. The SMILES string of the molecule is C=CCNC(=O)[C@@H]1CC[C@@H](c2cccc(C)c2)N(C(=O)C2CCCC2)C1. The van der Waals surface area contributed by atoms with Crippen molar-refractivity contribution in [2.24, 2.45) is 11.8 Å². The van der Waals surface area contributed by atoms with Gasteiger partial charge in [0.2, 0.25) is 11.8 Å². The van der Waals surface area contributed by atoms with Gasteiger partial charge in [-0.3, -0.25) is 9.59 Å². The van der Waals surface area contributed by atoms with Crippen molar-refractivity contribution in [3.05, 3.63) is 48.0 Å². The topological polar surface area (TPSA) is 49.4 Å². The van der Waals surface area contributed by atoms with Crippen molar-refractivity contribution in [1.29, 1.82) is 0 Å². The molecule has 4 nitrogen and oxygen atoms in total. The first-order valence-electron chi connectivity index (χ1n) is 9.85. The van der Waals surface area contributed by atoms with Crippen LogP contribution in [0.2, 0.25) is 0 Å². The number of carbonyl (C=O) groups is 2. The van der Waals surface area contributed by atoms with Crippen molar-refractivity contribution in [3.8, 4) is 0 Å². The Kier molecular flexibility index (Phi) is 6.12. The van der Waals surface area contributed by atoms with Crippen molar-refractivity contribution < 1.29 is 9.59 Å². The number of carbonyl (C=O) groups excluding carboxylic acids is 2. The number of nitrogens with one attached hydrogen (secondary N) is 1. The summed E-state index contributed by atoms with van der Waals surface area (Å²) < 4.78 is 0. The second kappa shape index (κ2) is 8.52. The Bertz CT molecular complexity index is 664. The average molecular weight is 354 g/mol. The summed E-state index contributed by atoms with van der Waals surface area (Å²) >= 11 is 0. The van der Waals surface area contributed by atoms with Gasteiger partial charge in [0, 0.05) is 19.0 Å². The van der Waals surface area contributed by atoms with E-state index >= 15 is 0 Å². The third-order valence-corrected chi connectivity index (χ3v) is 5.79. The molecular formula is C22H30N2O2. The maximum Gasteiger partial charge on any atom is 0.226 e. The van der Waals surface area contributed by atoms with Crippen LogP contribution in [-0.4, -0.2) is 29.8 Å². The molecule has 1 heterocycles. The Hall–Kier alpha value is -2.10. The van der Waals surface area contributed by atoms with Gasteiger partial charge in [0.05, 0.1) is 12.0 Å². The third kappa shape index (κ3) is 4.17. The lowest BCUT2D eigenvalue weighted by atomic mass is 9.86. The molecule has 1 aliphatic carbocycles. The molecule has 0 bridgehead atoms. The zero-order valence-electron chi connectivity index (χ0n) is 15.7. The van der Waals surface area contributed by atoms with Crippen molar-refractivity contribution >= 4 is 11.8 Å². The fourth-order valence-corrected chi connectivity index (χ4v) is 4.38. The van der Waals surface area contributed by atoms with E-state index in [1.807, 2.05) is 4.90 Å². The van der Waals surface area contributed by atoms with E-state index in [2.05, 4.69) is 43.1 Å². The summed E-state index contributed by atoms with van der Waals surface area (Å²) in [5, 5.41) is 2.90. The molecule has 4 heteroatoms. The van der Waals surface area contributed by atoms with Gasteiger partial charge in [0.25, 0.3) is 0 Å². The van der Waals surface area contributed by atoms with Crippen LogP contribution in [0.3, 0.4) is 0 Å². The molecule has 26 heavy (non-hydrogen) atoms. The molecule has 1 saturated carbocycles. The molecule has 1 saturated heterocycles. The summed E-state index contributed by atoms with van der Waals surface area (Å²) in [7, 11) is 0. The number of likely N-dealkylation sites (tertiary alicyclic amines) is 1. The van der Waals surface area contributed by atoms with Gasteiger partial charge in [-0.1, -0.05) is 48.7 Å². The van der Waals surface area contributed by atoms with Gasteiger partial charge in [0.1, 0.15) is 0 Å². The molecule has 2 aliphatic rings. The van der Waals surface area contributed by atoms with Crippen molar-refractivity contribution in [2.75, 3.05) is 13.1 Å². The van der Waals surface area contributed by atoms with Gasteiger partial charge in [-0.05, 0) is 38.2 Å². The van der Waals surface area contributed by atoms with Gasteiger partial charge in [-0.2, -0.15) is 0 Å². The second-order valence-corrected chi connectivity index (χ2v) is 7.71. The number of hydrogen-bond donors (Lipinski definition) is 1. The largest absolute Gasteiger partial charge is 0.352 e. The van der Waals surface area contributed by atoms with Crippen molar-refractivity contribution in [2.45, 2.75) is 51.5 Å². The highest BCUT2D eigenvalue weighted by atomic mass is 16.2. The van der Waals surface area contributed by atoms with Gasteiger partial charge in [-0.25, -0.2) is 0 Å². The first kappa shape index (κ1) is 18.7. The Balaban J connectivity index is 1.80. The summed E-state index contributed by atoms with van der Waals surface area (Å²) in [6.45, 7) is 6.74. The summed E-state index contributed by atoms with van der Waals surface area (Å²) in [6.07, 6.45) is 7.61. The van der Waals surface area contributed by atoms with Crippen LogP contribution in [-0.2, 0) is 9.59 Å². The molecular weight excluding hydrogens is 324 g/mol. The molecule has 1 aliphatic heterocycles. The minimum Gasteiger partial charge on any atom is -0.352 e. The highest BCUT2D eigenvalue weighted by Crippen LogP contribution is 2.37. The lowest BCUT2D eigenvalue weighted by molar-refractivity contribution is -0.142. The molecule has 0 unspecified atom stereocenters. The Morgan fingerprint density at radius 3 is 2.65 bits per heavy atom. The molecule has 0 spiro atoms. The van der Waals surface area contributed by atoms with E-state index in [9.17, 15) is 9.59 Å². The minimum absolute atomic E-state index is 0.0387. The monoisotopic (exact) mass is 354 g/mol.